The van der Waals surface area contributed by atoms with Crippen molar-refractivity contribution in [3.63, 3.8) is 0 Å². The smallest absolute Gasteiger partial charge is 0.225 e. The van der Waals surface area contributed by atoms with Crippen LogP contribution in [0.4, 0.5) is 14.5 Å². The maximum absolute atomic E-state index is 13.3. The fourth-order valence-electron chi connectivity index (χ4n) is 1.91. The van der Waals surface area contributed by atoms with E-state index in [1.165, 1.54) is 6.07 Å². The number of halogens is 2. The zero-order valence-corrected chi connectivity index (χ0v) is 9.25. The fraction of sp³-hybridized carbons (Fsp3) is 0.308. The lowest BCUT2D eigenvalue weighted by Crippen LogP contribution is -2.16. The average molecular weight is 237 g/mol. The number of hydrogen-bond acceptors (Lipinski definition) is 1. The van der Waals surface area contributed by atoms with Gasteiger partial charge in [0, 0.05) is 6.42 Å². The Bertz CT molecular complexity index is 436. The lowest BCUT2D eigenvalue weighted by Gasteiger charge is -2.10. The molecule has 0 aliphatic heterocycles. The van der Waals surface area contributed by atoms with Gasteiger partial charge >= 0.3 is 0 Å². The Morgan fingerprint density at radius 1 is 1.35 bits per heavy atom. The van der Waals surface area contributed by atoms with Crippen molar-refractivity contribution in [2.45, 2.75) is 19.3 Å². The van der Waals surface area contributed by atoms with Gasteiger partial charge in [0.25, 0.3) is 0 Å². The zero-order chi connectivity index (χ0) is 12.3. The molecule has 2 nitrogen and oxygen atoms in total. The van der Waals surface area contributed by atoms with Crippen LogP contribution in [0.5, 0.6) is 0 Å². The number of benzene rings is 1. The van der Waals surface area contributed by atoms with Crippen molar-refractivity contribution in [3.05, 3.63) is 42.0 Å². The first kappa shape index (κ1) is 11.8. The third-order valence-corrected chi connectivity index (χ3v) is 2.79. The molecule has 17 heavy (non-hydrogen) atoms. The van der Waals surface area contributed by atoms with Gasteiger partial charge < -0.3 is 5.32 Å². The lowest BCUT2D eigenvalue weighted by atomic mass is 10.1. The second-order valence-corrected chi connectivity index (χ2v) is 4.11. The highest BCUT2D eigenvalue weighted by Crippen LogP contribution is 2.22. The van der Waals surface area contributed by atoms with Crippen LogP contribution < -0.4 is 5.32 Å². The number of allylic oxidation sites excluding steroid dienone is 2. The van der Waals surface area contributed by atoms with Crippen LogP contribution in [0.1, 0.15) is 19.3 Å². The molecule has 0 heterocycles. The van der Waals surface area contributed by atoms with Crippen LogP contribution in [0.15, 0.2) is 30.4 Å². The van der Waals surface area contributed by atoms with Crippen molar-refractivity contribution in [1.29, 1.82) is 0 Å². The van der Waals surface area contributed by atoms with Crippen LogP contribution in [0, 0.1) is 17.6 Å². The molecule has 1 aromatic rings. The third kappa shape index (κ3) is 2.90. The van der Waals surface area contributed by atoms with Gasteiger partial charge in [0.1, 0.15) is 17.3 Å². The number of para-hydroxylation sites is 1. The molecule has 1 amide bonds. The van der Waals surface area contributed by atoms with Crippen LogP contribution >= 0.6 is 0 Å². The van der Waals surface area contributed by atoms with Crippen molar-refractivity contribution in [3.8, 4) is 0 Å². The fourth-order valence-corrected chi connectivity index (χ4v) is 1.91. The summed E-state index contributed by atoms with van der Waals surface area (Å²) in [5.74, 6) is -1.67. The molecular formula is C13H13F2NO. The van der Waals surface area contributed by atoms with Gasteiger partial charge in [0.05, 0.1) is 0 Å². The SMILES string of the molecule is O=C(CC1C=CCC1)Nc1c(F)cccc1F. The molecule has 0 spiro atoms. The first-order chi connectivity index (χ1) is 8.16. The maximum atomic E-state index is 13.3. The Morgan fingerprint density at radius 3 is 2.65 bits per heavy atom. The van der Waals surface area contributed by atoms with Gasteiger partial charge in [-0.25, -0.2) is 8.78 Å². The largest absolute Gasteiger partial charge is 0.321 e. The number of hydrogen-bond donors (Lipinski definition) is 1. The van der Waals surface area contributed by atoms with Crippen molar-refractivity contribution in [1.82, 2.24) is 0 Å². The van der Waals surface area contributed by atoms with E-state index in [1.54, 1.807) is 0 Å². The number of nitrogens with one attached hydrogen (secondary N) is 1. The molecule has 0 saturated carbocycles. The molecule has 1 atom stereocenters. The molecule has 1 aliphatic carbocycles. The molecule has 1 N–H and O–H groups in total. The van der Waals surface area contributed by atoms with Gasteiger partial charge in [0.2, 0.25) is 5.91 Å². The van der Waals surface area contributed by atoms with E-state index in [1.807, 2.05) is 12.2 Å². The van der Waals surface area contributed by atoms with Crippen molar-refractivity contribution >= 4 is 11.6 Å². The molecule has 1 unspecified atom stereocenters. The average Bonchev–Trinajstić information content (AvgIpc) is 2.76. The molecule has 0 aromatic heterocycles. The molecule has 4 heteroatoms. The Labute approximate surface area is 98.3 Å². The molecule has 0 bridgehead atoms. The number of carbonyl (C=O) groups excluding carboxylic acids is 1. The summed E-state index contributed by atoms with van der Waals surface area (Å²) in [5, 5.41) is 2.28. The molecule has 0 radical (unpaired) electrons. The number of carbonyl (C=O) groups is 1. The van der Waals surface area contributed by atoms with Crippen LogP contribution in [0.2, 0.25) is 0 Å². The summed E-state index contributed by atoms with van der Waals surface area (Å²) in [4.78, 5) is 11.6. The Balaban J connectivity index is 2.00. The second-order valence-electron chi connectivity index (χ2n) is 4.11. The highest BCUT2D eigenvalue weighted by Gasteiger charge is 2.16. The first-order valence-electron chi connectivity index (χ1n) is 5.57. The van der Waals surface area contributed by atoms with E-state index in [0.717, 1.165) is 25.0 Å². The summed E-state index contributed by atoms with van der Waals surface area (Å²) in [6, 6.07) is 3.50. The van der Waals surface area contributed by atoms with Gasteiger partial charge in [0.15, 0.2) is 0 Å². The van der Waals surface area contributed by atoms with Crippen LogP contribution in [-0.2, 0) is 4.79 Å². The first-order valence-corrected chi connectivity index (χ1v) is 5.57. The van der Waals surface area contributed by atoms with Gasteiger partial charge in [-0.1, -0.05) is 18.2 Å². The van der Waals surface area contributed by atoms with Gasteiger partial charge in [-0.05, 0) is 30.9 Å². The minimum Gasteiger partial charge on any atom is -0.321 e. The summed E-state index contributed by atoms with van der Waals surface area (Å²) < 4.78 is 26.5. The van der Waals surface area contributed by atoms with E-state index < -0.39 is 11.6 Å². The predicted molar refractivity (Wildman–Crippen MR) is 61.5 cm³/mol. The van der Waals surface area contributed by atoms with E-state index >= 15 is 0 Å². The Hall–Kier alpha value is -1.71. The predicted octanol–water partition coefficient (Wildman–Crippen LogP) is 3.26. The summed E-state index contributed by atoms with van der Waals surface area (Å²) in [6.07, 6.45) is 6.14. The number of amides is 1. The van der Waals surface area contributed by atoms with E-state index in [-0.39, 0.29) is 23.9 Å². The molecule has 1 aromatic carbocycles. The Morgan fingerprint density at radius 2 is 2.06 bits per heavy atom. The second kappa shape index (κ2) is 5.08. The highest BCUT2D eigenvalue weighted by atomic mass is 19.1. The van der Waals surface area contributed by atoms with Crippen LogP contribution in [-0.4, -0.2) is 5.91 Å². The molecule has 1 aliphatic rings. The lowest BCUT2D eigenvalue weighted by molar-refractivity contribution is -0.116. The highest BCUT2D eigenvalue weighted by molar-refractivity contribution is 5.91. The zero-order valence-electron chi connectivity index (χ0n) is 9.25. The number of rotatable bonds is 3. The molecule has 0 fully saturated rings. The summed E-state index contributed by atoms with van der Waals surface area (Å²) in [6.45, 7) is 0. The topological polar surface area (TPSA) is 29.1 Å². The Kier molecular flexibility index (Phi) is 3.52. The molecule has 0 saturated heterocycles. The van der Waals surface area contributed by atoms with E-state index in [0.29, 0.717) is 0 Å². The molecule has 90 valence electrons. The van der Waals surface area contributed by atoms with E-state index in [2.05, 4.69) is 5.32 Å². The summed E-state index contributed by atoms with van der Waals surface area (Å²) in [5.41, 5.74) is -0.362. The minimum absolute atomic E-state index is 0.185. The molecule has 2 rings (SSSR count). The van der Waals surface area contributed by atoms with E-state index in [4.69, 9.17) is 0 Å². The van der Waals surface area contributed by atoms with Gasteiger partial charge in [-0.15, -0.1) is 0 Å². The number of anilines is 1. The maximum Gasteiger partial charge on any atom is 0.225 e. The minimum atomic E-state index is -0.750. The quantitative estimate of drug-likeness (QED) is 0.803. The van der Waals surface area contributed by atoms with E-state index in [9.17, 15) is 13.6 Å². The van der Waals surface area contributed by atoms with Crippen molar-refractivity contribution in [2.75, 3.05) is 5.32 Å². The monoisotopic (exact) mass is 237 g/mol. The van der Waals surface area contributed by atoms with Crippen LogP contribution in [0.25, 0.3) is 0 Å². The third-order valence-electron chi connectivity index (χ3n) is 2.79. The van der Waals surface area contributed by atoms with Crippen molar-refractivity contribution in [2.24, 2.45) is 5.92 Å². The summed E-state index contributed by atoms with van der Waals surface area (Å²) >= 11 is 0. The van der Waals surface area contributed by atoms with Crippen molar-refractivity contribution < 1.29 is 13.6 Å². The van der Waals surface area contributed by atoms with Gasteiger partial charge in [-0.3, -0.25) is 4.79 Å². The normalized spacial score (nSPS) is 18.4. The van der Waals surface area contributed by atoms with Gasteiger partial charge in [-0.2, -0.15) is 0 Å². The van der Waals surface area contributed by atoms with Crippen LogP contribution in [0.3, 0.4) is 0 Å². The standard InChI is InChI=1S/C13H13F2NO/c14-10-6-3-7-11(15)13(10)16-12(17)8-9-4-1-2-5-9/h1,3-4,6-7,9H,2,5,8H2,(H,16,17). The molecular weight excluding hydrogens is 224 g/mol. The summed E-state index contributed by atoms with van der Waals surface area (Å²) in [7, 11) is 0.